The van der Waals surface area contributed by atoms with Crippen molar-refractivity contribution in [2.45, 2.75) is 25.8 Å². The topological polar surface area (TPSA) is 70.2 Å². The Morgan fingerprint density at radius 3 is 2.81 bits per heavy atom. The molecule has 1 saturated carbocycles. The molecule has 0 spiro atoms. The van der Waals surface area contributed by atoms with Crippen LogP contribution in [0.3, 0.4) is 0 Å². The van der Waals surface area contributed by atoms with Gasteiger partial charge in [-0.2, -0.15) is 5.10 Å². The van der Waals surface area contributed by atoms with E-state index in [0.29, 0.717) is 0 Å². The van der Waals surface area contributed by atoms with Crippen LogP contribution in [0, 0.1) is 12.8 Å². The van der Waals surface area contributed by atoms with Gasteiger partial charge in [-0.3, -0.25) is 14.8 Å². The molecule has 2 N–H and O–H groups in total. The average Bonchev–Trinajstić information content (AvgIpc) is 3.63. The molecule has 0 bridgehead atoms. The second-order valence-corrected chi connectivity index (χ2v) is 10.1. The summed E-state index contributed by atoms with van der Waals surface area (Å²) in [6.07, 6.45) is 5.08. The van der Waals surface area contributed by atoms with Gasteiger partial charge in [0.1, 0.15) is 0 Å². The van der Waals surface area contributed by atoms with Gasteiger partial charge in [0.25, 0.3) is 0 Å². The molecule has 188 valence electrons. The van der Waals surface area contributed by atoms with Gasteiger partial charge < -0.3 is 10.1 Å². The fraction of sp³-hybridized carbons (Fsp3) is 0.290. The Hall–Kier alpha value is -3.74. The molecule has 1 aliphatic carbocycles. The molecule has 3 aromatic carbocycles. The van der Waals surface area contributed by atoms with Gasteiger partial charge >= 0.3 is 0 Å². The lowest BCUT2D eigenvalue weighted by Crippen LogP contribution is -2.35. The Morgan fingerprint density at radius 1 is 1.08 bits per heavy atom. The summed E-state index contributed by atoms with van der Waals surface area (Å²) in [5.74, 6) is 0.373. The van der Waals surface area contributed by atoms with Crippen LogP contribution in [0.5, 0.6) is 0 Å². The van der Waals surface area contributed by atoms with Crippen LogP contribution in [0.15, 0.2) is 66.7 Å². The largest absolute Gasteiger partial charge is 0.379 e. The summed E-state index contributed by atoms with van der Waals surface area (Å²) in [6, 6.07) is 23.0. The number of aromatic amines is 1. The smallest absolute Gasteiger partial charge is 0.228 e. The highest BCUT2D eigenvalue weighted by Crippen LogP contribution is 2.48. The number of aromatic nitrogens is 2. The number of fused-ring (bicyclic) bond motifs is 1. The first-order valence-electron chi connectivity index (χ1n) is 13.1. The van der Waals surface area contributed by atoms with Gasteiger partial charge in [-0.1, -0.05) is 60.7 Å². The van der Waals surface area contributed by atoms with Gasteiger partial charge in [0.15, 0.2) is 0 Å². The number of ether oxygens (including phenoxy) is 1. The molecule has 1 amide bonds. The van der Waals surface area contributed by atoms with E-state index in [4.69, 9.17) is 4.74 Å². The molecule has 1 aromatic heterocycles. The predicted molar refractivity (Wildman–Crippen MR) is 148 cm³/mol. The molecule has 0 radical (unpaired) electrons. The van der Waals surface area contributed by atoms with E-state index in [1.807, 2.05) is 31.2 Å². The van der Waals surface area contributed by atoms with Crippen LogP contribution in [0.1, 0.15) is 40.3 Å². The summed E-state index contributed by atoms with van der Waals surface area (Å²) in [5.41, 5.74) is 7.56. The number of benzene rings is 3. The first-order chi connectivity index (χ1) is 18.1. The fourth-order valence-electron chi connectivity index (χ4n) is 5.20. The summed E-state index contributed by atoms with van der Waals surface area (Å²) in [4.78, 5) is 15.2. The quantitative estimate of drug-likeness (QED) is 0.352. The van der Waals surface area contributed by atoms with Gasteiger partial charge in [0, 0.05) is 36.6 Å². The maximum absolute atomic E-state index is 12.8. The molecular formula is C31H32N4O2. The van der Waals surface area contributed by atoms with Crippen molar-refractivity contribution in [1.82, 2.24) is 15.1 Å². The highest BCUT2D eigenvalue weighted by Gasteiger charge is 2.44. The molecule has 2 fully saturated rings. The maximum Gasteiger partial charge on any atom is 0.228 e. The van der Waals surface area contributed by atoms with E-state index in [0.717, 1.165) is 67.1 Å². The van der Waals surface area contributed by atoms with E-state index in [1.54, 1.807) is 0 Å². The van der Waals surface area contributed by atoms with Crippen molar-refractivity contribution in [2.75, 3.05) is 31.6 Å². The Bertz CT molecular complexity index is 1450. The van der Waals surface area contributed by atoms with Crippen molar-refractivity contribution in [2.24, 2.45) is 5.92 Å². The van der Waals surface area contributed by atoms with Crippen molar-refractivity contribution < 1.29 is 9.53 Å². The fourth-order valence-corrected chi connectivity index (χ4v) is 5.20. The third-order valence-corrected chi connectivity index (χ3v) is 7.47. The zero-order valence-corrected chi connectivity index (χ0v) is 21.1. The number of para-hydroxylation sites is 1. The number of hydrogen-bond acceptors (Lipinski definition) is 4. The molecule has 37 heavy (non-hydrogen) atoms. The number of hydrogen-bond donors (Lipinski definition) is 2. The number of amides is 1. The zero-order chi connectivity index (χ0) is 25.2. The second kappa shape index (κ2) is 10.3. The van der Waals surface area contributed by atoms with Crippen LogP contribution in [-0.2, 0) is 16.1 Å². The first kappa shape index (κ1) is 23.6. The van der Waals surface area contributed by atoms with E-state index < -0.39 is 0 Å². The number of rotatable bonds is 7. The lowest BCUT2D eigenvalue weighted by molar-refractivity contribution is -0.117. The Labute approximate surface area is 217 Å². The lowest BCUT2D eigenvalue weighted by Gasteiger charge is -2.26. The second-order valence-electron chi connectivity index (χ2n) is 10.1. The minimum atomic E-state index is 0.0177. The maximum atomic E-state index is 12.8. The van der Waals surface area contributed by atoms with Gasteiger partial charge in [-0.25, -0.2) is 0 Å². The molecular weight excluding hydrogens is 460 g/mol. The standard InChI is InChI=1S/C31H32N4O2/c1-21-5-2-3-8-28(21)32-31(36)27-19-26(27)24-10-11-25-29(33-34-30(25)18-24)12-9-22-6-4-7-23(17-22)20-35-13-15-37-16-14-35/h2-12,17-18,26-27H,13-16,19-20H2,1H3,(H,32,36)(H,33,34)/b12-9+/t26-,27+/m0/s1. The Balaban J connectivity index is 1.12. The van der Waals surface area contributed by atoms with E-state index in [2.05, 4.69) is 75.0 Å². The van der Waals surface area contributed by atoms with Crippen LogP contribution in [0.4, 0.5) is 5.69 Å². The van der Waals surface area contributed by atoms with E-state index in [1.165, 1.54) is 16.7 Å². The molecule has 2 heterocycles. The molecule has 6 rings (SSSR count). The molecule has 2 atom stereocenters. The number of morpholine rings is 1. The highest BCUT2D eigenvalue weighted by atomic mass is 16.5. The summed E-state index contributed by atoms with van der Waals surface area (Å²) >= 11 is 0. The molecule has 1 saturated heterocycles. The SMILES string of the molecule is Cc1ccccc1NC(=O)[C@@H]1C[C@H]1c1ccc2c(/C=C/c3cccc(CN4CCOCC4)c3)n[nH]c2c1. The number of nitrogens with zero attached hydrogens (tertiary/aromatic N) is 2. The molecule has 6 heteroatoms. The monoisotopic (exact) mass is 492 g/mol. The zero-order valence-electron chi connectivity index (χ0n) is 21.1. The van der Waals surface area contributed by atoms with Crippen LogP contribution >= 0.6 is 0 Å². The first-order valence-corrected chi connectivity index (χ1v) is 13.1. The average molecular weight is 493 g/mol. The minimum Gasteiger partial charge on any atom is -0.379 e. The van der Waals surface area contributed by atoms with Crippen molar-refractivity contribution in [1.29, 1.82) is 0 Å². The molecule has 4 aromatic rings. The normalized spacial score (nSPS) is 19.9. The molecule has 1 aliphatic heterocycles. The Kier molecular flexibility index (Phi) is 6.60. The number of anilines is 1. The van der Waals surface area contributed by atoms with Gasteiger partial charge in [-0.05, 0) is 59.7 Å². The molecule has 0 unspecified atom stereocenters. The Morgan fingerprint density at radius 2 is 1.95 bits per heavy atom. The highest BCUT2D eigenvalue weighted by molar-refractivity contribution is 5.96. The number of H-pyrrole nitrogens is 1. The summed E-state index contributed by atoms with van der Waals surface area (Å²) < 4.78 is 5.46. The number of carbonyl (C=O) groups is 1. The third kappa shape index (κ3) is 5.36. The number of nitrogens with one attached hydrogen (secondary N) is 2. The predicted octanol–water partition coefficient (Wildman–Crippen LogP) is 5.62. The number of aryl methyl sites for hydroxylation is 1. The van der Waals surface area contributed by atoms with Gasteiger partial charge in [-0.15, -0.1) is 0 Å². The van der Waals surface area contributed by atoms with Crippen molar-refractivity contribution in [3.8, 4) is 0 Å². The van der Waals surface area contributed by atoms with Crippen LogP contribution in [0.25, 0.3) is 23.1 Å². The molecule has 6 nitrogen and oxygen atoms in total. The minimum absolute atomic E-state index is 0.0177. The van der Waals surface area contributed by atoms with Crippen molar-refractivity contribution in [3.63, 3.8) is 0 Å². The van der Waals surface area contributed by atoms with Gasteiger partial charge in [0.2, 0.25) is 5.91 Å². The van der Waals surface area contributed by atoms with Gasteiger partial charge in [0.05, 0.1) is 24.4 Å². The van der Waals surface area contributed by atoms with Crippen molar-refractivity contribution in [3.05, 3.63) is 94.7 Å². The van der Waals surface area contributed by atoms with Crippen molar-refractivity contribution >= 4 is 34.6 Å². The van der Waals surface area contributed by atoms with Crippen LogP contribution in [-0.4, -0.2) is 47.3 Å². The summed E-state index contributed by atoms with van der Waals surface area (Å²) in [5, 5.41) is 11.9. The lowest BCUT2D eigenvalue weighted by atomic mass is 10.0. The molecule has 2 aliphatic rings. The van der Waals surface area contributed by atoms with E-state index in [9.17, 15) is 4.79 Å². The third-order valence-electron chi connectivity index (χ3n) is 7.47. The van der Waals surface area contributed by atoms with Crippen LogP contribution in [0.2, 0.25) is 0 Å². The van der Waals surface area contributed by atoms with E-state index in [-0.39, 0.29) is 17.7 Å². The van der Waals surface area contributed by atoms with Crippen LogP contribution < -0.4 is 5.32 Å². The number of carbonyl (C=O) groups excluding carboxylic acids is 1. The summed E-state index contributed by atoms with van der Waals surface area (Å²) in [7, 11) is 0. The summed E-state index contributed by atoms with van der Waals surface area (Å²) in [6.45, 7) is 6.57. The van der Waals surface area contributed by atoms with E-state index >= 15 is 0 Å².